The van der Waals surface area contributed by atoms with E-state index < -0.39 is 11.7 Å². The molecule has 1 saturated heterocycles. The van der Waals surface area contributed by atoms with Crippen molar-refractivity contribution in [1.29, 1.82) is 0 Å². The average molecular weight is 437 g/mol. The van der Waals surface area contributed by atoms with Gasteiger partial charge >= 0.3 is 0 Å². The van der Waals surface area contributed by atoms with E-state index in [9.17, 15) is 14.0 Å². The zero-order chi connectivity index (χ0) is 22.3. The average Bonchev–Trinajstić information content (AvgIpc) is 3.31. The molecule has 2 amide bonds. The molecule has 2 aromatic carbocycles. The van der Waals surface area contributed by atoms with Gasteiger partial charge in [-0.3, -0.25) is 9.59 Å². The zero-order valence-corrected chi connectivity index (χ0v) is 18.1. The van der Waals surface area contributed by atoms with Crippen molar-refractivity contribution in [2.24, 2.45) is 0 Å². The quantitative estimate of drug-likeness (QED) is 0.675. The van der Waals surface area contributed by atoms with Crippen LogP contribution in [0.25, 0.3) is 6.08 Å². The fraction of sp³-hybridized carbons (Fsp3) is 0.385. The number of halogens is 1. The molecule has 0 bridgehead atoms. The van der Waals surface area contributed by atoms with Gasteiger partial charge in [0, 0.05) is 25.2 Å². The molecule has 6 heteroatoms. The third-order valence-electron chi connectivity index (χ3n) is 6.14. The van der Waals surface area contributed by atoms with E-state index in [1.807, 2.05) is 30.3 Å². The molecule has 5 nitrogen and oxygen atoms in total. The van der Waals surface area contributed by atoms with Crippen molar-refractivity contribution >= 4 is 17.9 Å². The van der Waals surface area contributed by atoms with Gasteiger partial charge in [0.25, 0.3) is 5.91 Å². The summed E-state index contributed by atoms with van der Waals surface area (Å²) in [7, 11) is 0. The van der Waals surface area contributed by atoms with E-state index >= 15 is 0 Å². The van der Waals surface area contributed by atoms with Crippen LogP contribution in [0.4, 0.5) is 4.39 Å². The van der Waals surface area contributed by atoms with Crippen LogP contribution < -0.4 is 10.1 Å². The SMILES string of the molecule is O=C(NC1CCN(C(=O)/C=C/c2cccc(OC3CCCC3)c2)CC1)c1ccccc1F. The third kappa shape index (κ3) is 5.75. The van der Waals surface area contributed by atoms with Crippen molar-refractivity contribution in [2.75, 3.05) is 13.1 Å². The normalized spacial score (nSPS) is 17.6. The number of amides is 2. The van der Waals surface area contributed by atoms with Crippen molar-refractivity contribution in [1.82, 2.24) is 10.2 Å². The minimum absolute atomic E-state index is 0.0491. The molecule has 168 valence electrons. The molecule has 32 heavy (non-hydrogen) atoms. The number of carbonyl (C=O) groups excluding carboxylic acids is 2. The van der Waals surface area contributed by atoms with Crippen molar-refractivity contribution in [2.45, 2.75) is 50.7 Å². The fourth-order valence-electron chi connectivity index (χ4n) is 4.32. The number of ether oxygens (including phenoxy) is 1. The number of nitrogens with one attached hydrogen (secondary N) is 1. The van der Waals surface area contributed by atoms with Crippen molar-refractivity contribution in [3.05, 3.63) is 71.6 Å². The van der Waals surface area contributed by atoms with E-state index in [1.54, 1.807) is 23.1 Å². The Bertz CT molecular complexity index is 977. The Morgan fingerprint density at radius 2 is 1.75 bits per heavy atom. The number of hydrogen-bond donors (Lipinski definition) is 1. The van der Waals surface area contributed by atoms with Gasteiger partial charge in [0.2, 0.25) is 5.91 Å². The van der Waals surface area contributed by atoms with E-state index in [1.165, 1.54) is 25.0 Å². The highest BCUT2D eigenvalue weighted by Gasteiger charge is 2.24. The maximum absolute atomic E-state index is 13.8. The van der Waals surface area contributed by atoms with Crippen LogP contribution in [0.1, 0.15) is 54.4 Å². The number of likely N-dealkylation sites (tertiary alicyclic amines) is 1. The first-order valence-electron chi connectivity index (χ1n) is 11.4. The molecule has 0 aromatic heterocycles. The Labute approximate surface area is 188 Å². The Hall–Kier alpha value is -3.15. The van der Waals surface area contributed by atoms with Gasteiger partial charge in [-0.1, -0.05) is 24.3 Å². The lowest BCUT2D eigenvalue weighted by molar-refractivity contribution is -0.126. The number of benzene rings is 2. The topological polar surface area (TPSA) is 58.6 Å². The lowest BCUT2D eigenvalue weighted by atomic mass is 10.0. The van der Waals surface area contributed by atoms with Crippen LogP contribution in [-0.2, 0) is 4.79 Å². The van der Waals surface area contributed by atoms with Crippen LogP contribution in [-0.4, -0.2) is 41.9 Å². The molecule has 1 heterocycles. The maximum atomic E-state index is 13.8. The van der Waals surface area contributed by atoms with Crippen LogP contribution in [0.3, 0.4) is 0 Å². The second kappa shape index (κ2) is 10.4. The Morgan fingerprint density at radius 3 is 2.50 bits per heavy atom. The predicted octanol–water partition coefficient (Wildman–Crippen LogP) is 4.58. The molecule has 0 atom stereocenters. The highest BCUT2D eigenvalue weighted by Crippen LogP contribution is 2.25. The predicted molar refractivity (Wildman–Crippen MR) is 122 cm³/mol. The molecule has 4 rings (SSSR count). The zero-order valence-electron chi connectivity index (χ0n) is 18.1. The highest BCUT2D eigenvalue weighted by molar-refractivity contribution is 5.94. The standard InChI is InChI=1S/C26H29FN2O3/c27-24-11-4-3-10-23(24)26(31)28-20-14-16-29(17-15-20)25(30)13-12-19-6-5-9-22(18-19)32-21-7-1-2-8-21/h3-6,9-13,18,20-21H,1-2,7-8,14-17H2,(H,28,31)/b13-12+. The van der Waals surface area contributed by atoms with E-state index in [-0.39, 0.29) is 17.5 Å². The third-order valence-corrected chi connectivity index (χ3v) is 6.14. The molecule has 1 N–H and O–H groups in total. The second-order valence-corrected chi connectivity index (χ2v) is 8.48. The summed E-state index contributed by atoms with van der Waals surface area (Å²) in [6, 6.07) is 13.7. The molecule has 1 aliphatic carbocycles. The summed E-state index contributed by atoms with van der Waals surface area (Å²) in [6.07, 6.45) is 9.66. The summed E-state index contributed by atoms with van der Waals surface area (Å²) in [5.74, 6) is -0.142. The molecule has 2 aromatic rings. The second-order valence-electron chi connectivity index (χ2n) is 8.48. The molecule has 0 radical (unpaired) electrons. The molecule has 0 unspecified atom stereocenters. The molecule has 1 saturated carbocycles. The number of hydrogen-bond acceptors (Lipinski definition) is 3. The Kier molecular flexibility index (Phi) is 7.20. The lowest BCUT2D eigenvalue weighted by Crippen LogP contribution is -2.46. The summed E-state index contributed by atoms with van der Waals surface area (Å²) in [6.45, 7) is 1.10. The van der Waals surface area contributed by atoms with Gasteiger partial charge in [0.1, 0.15) is 11.6 Å². The minimum Gasteiger partial charge on any atom is -0.490 e. The van der Waals surface area contributed by atoms with Gasteiger partial charge in [-0.05, 0) is 74.4 Å². The van der Waals surface area contributed by atoms with Crippen LogP contribution >= 0.6 is 0 Å². The van der Waals surface area contributed by atoms with Crippen LogP contribution in [0.2, 0.25) is 0 Å². The highest BCUT2D eigenvalue weighted by atomic mass is 19.1. The summed E-state index contributed by atoms with van der Waals surface area (Å²) in [5, 5.41) is 2.88. The van der Waals surface area contributed by atoms with Gasteiger partial charge in [0.15, 0.2) is 0 Å². The maximum Gasteiger partial charge on any atom is 0.254 e. The van der Waals surface area contributed by atoms with E-state index in [4.69, 9.17) is 4.74 Å². The van der Waals surface area contributed by atoms with Crippen molar-refractivity contribution in [3.8, 4) is 5.75 Å². The van der Waals surface area contributed by atoms with Gasteiger partial charge in [-0.25, -0.2) is 4.39 Å². The number of rotatable bonds is 6. The van der Waals surface area contributed by atoms with Crippen molar-refractivity contribution < 1.29 is 18.7 Å². The van der Waals surface area contributed by atoms with Crippen LogP contribution in [0.15, 0.2) is 54.6 Å². The van der Waals surface area contributed by atoms with Gasteiger partial charge in [-0.2, -0.15) is 0 Å². The summed E-state index contributed by atoms with van der Waals surface area (Å²) >= 11 is 0. The Morgan fingerprint density at radius 1 is 1.00 bits per heavy atom. The minimum atomic E-state index is -0.527. The van der Waals surface area contributed by atoms with Crippen LogP contribution in [0, 0.1) is 5.82 Å². The first-order valence-corrected chi connectivity index (χ1v) is 11.4. The molecule has 2 fully saturated rings. The molecular formula is C26H29FN2O3. The molecule has 2 aliphatic rings. The molecule has 0 spiro atoms. The van der Waals surface area contributed by atoms with Gasteiger partial charge in [-0.15, -0.1) is 0 Å². The Balaban J connectivity index is 1.26. The first kappa shape index (κ1) is 22.1. The first-order chi connectivity index (χ1) is 15.6. The summed E-state index contributed by atoms with van der Waals surface area (Å²) in [4.78, 5) is 26.7. The number of carbonyl (C=O) groups is 2. The molecular weight excluding hydrogens is 407 g/mol. The summed E-state index contributed by atoms with van der Waals surface area (Å²) in [5.41, 5.74) is 0.981. The van der Waals surface area contributed by atoms with E-state index in [2.05, 4.69) is 5.32 Å². The number of piperidine rings is 1. The van der Waals surface area contributed by atoms with Crippen LogP contribution in [0.5, 0.6) is 5.75 Å². The van der Waals surface area contributed by atoms with Gasteiger partial charge < -0.3 is 15.0 Å². The molecule has 1 aliphatic heterocycles. The summed E-state index contributed by atoms with van der Waals surface area (Å²) < 4.78 is 19.8. The smallest absolute Gasteiger partial charge is 0.254 e. The van der Waals surface area contributed by atoms with Gasteiger partial charge in [0.05, 0.1) is 11.7 Å². The van der Waals surface area contributed by atoms with Crippen molar-refractivity contribution in [3.63, 3.8) is 0 Å². The van der Waals surface area contributed by atoms with E-state index in [0.717, 1.165) is 24.2 Å². The number of nitrogens with zero attached hydrogens (tertiary/aromatic N) is 1. The largest absolute Gasteiger partial charge is 0.490 e. The monoisotopic (exact) mass is 436 g/mol. The fourth-order valence-corrected chi connectivity index (χ4v) is 4.32. The van der Waals surface area contributed by atoms with E-state index in [0.29, 0.717) is 32.0 Å². The lowest BCUT2D eigenvalue weighted by Gasteiger charge is -2.31.